The Kier molecular flexibility index (Phi) is 4.31. The van der Waals surface area contributed by atoms with Crippen molar-refractivity contribution in [2.45, 2.75) is 25.7 Å². The van der Waals surface area contributed by atoms with Gasteiger partial charge in [-0.1, -0.05) is 0 Å². The molecule has 0 saturated carbocycles. The fourth-order valence-electron chi connectivity index (χ4n) is 2.47. The van der Waals surface area contributed by atoms with Crippen LogP contribution in [0, 0.1) is 0 Å². The van der Waals surface area contributed by atoms with E-state index in [1.807, 2.05) is 6.92 Å². The number of aromatic nitrogens is 4. The first-order valence-electron chi connectivity index (χ1n) is 7.22. The second kappa shape index (κ2) is 6.25. The quantitative estimate of drug-likeness (QED) is 0.862. The number of hydrogen-bond acceptors (Lipinski definition) is 5. The second-order valence-electron chi connectivity index (χ2n) is 5.45. The maximum atomic E-state index is 12.6. The topological polar surface area (TPSA) is 56.1 Å². The van der Waals surface area contributed by atoms with Crippen LogP contribution in [-0.2, 0) is 17.5 Å². The van der Waals surface area contributed by atoms with Gasteiger partial charge in [0, 0.05) is 12.6 Å². The van der Waals surface area contributed by atoms with Crippen LogP contribution in [0.25, 0.3) is 5.69 Å². The Morgan fingerprint density at radius 2 is 2.00 bits per heavy atom. The minimum Gasteiger partial charge on any atom is -0.379 e. The van der Waals surface area contributed by atoms with Gasteiger partial charge in [0.15, 0.2) is 5.82 Å². The fraction of sp³-hybridized carbons (Fsp3) is 0.500. The molecule has 0 unspecified atom stereocenters. The third-order valence-electron chi connectivity index (χ3n) is 3.82. The van der Waals surface area contributed by atoms with Crippen LogP contribution in [0.1, 0.15) is 18.3 Å². The number of ether oxygens (including phenoxy) is 1. The maximum Gasteiger partial charge on any atom is 0.416 e. The summed E-state index contributed by atoms with van der Waals surface area (Å²) in [7, 11) is 0. The number of rotatable bonds is 3. The lowest BCUT2D eigenvalue weighted by Crippen LogP contribution is -2.43. The van der Waals surface area contributed by atoms with E-state index >= 15 is 0 Å². The lowest BCUT2D eigenvalue weighted by atomic mass is 10.2. The molecule has 1 saturated heterocycles. The average Bonchev–Trinajstić information content (AvgIpc) is 2.97. The predicted molar refractivity (Wildman–Crippen MR) is 74.8 cm³/mol. The average molecular weight is 327 g/mol. The first-order valence-corrected chi connectivity index (χ1v) is 7.22. The van der Waals surface area contributed by atoms with E-state index in [2.05, 4.69) is 20.4 Å². The molecule has 9 heteroatoms. The Labute approximate surface area is 130 Å². The van der Waals surface area contributed by atoms with Crippen molar-refractivity contribution < 1.29 is 17.9 Å². The summed E-state index contributed by atoms with van der Waals surface area (Å²) in [6.07, 6.45) is -4.36. The molecule has 1 aliphatic heterocycles. The van der Waals surface area contributed by atoms with Crippen molar-refractivity contribution in [3.63, 3.8) is 0 Å². The number of tetrazole rings is 1. The summed E-state index contributed by atoms with van der Waals surface area (Å²) in [5, 5.41) is 11.5. The summed E-state index contributed by atoms with van der Waals surface area (Å²) in [6, 6.07) is 5.02. The van der Waals surface area contributed by atoms with Gasteiger partial charge in [-0.3, -0.25) is 4.90 Å². The van der Waals surface area contributed by atoms with E-state index < -0.39 is 11.7 Å². The van der Waals surface area contributed by atoms with Crippen LogP contribution in [0.4, 0.5) is 13.2 Å². The van der Waals surface area contributed by atoms with Crippen LogP contribution >= 0.6 is 0 Å². The van der Waals surface area contributed by atoms with Crippen molar-refractivity contribution in [3.05, 3.63) is 35.7 Å². The molecule has 1 atom stereocenters. The molecule has 3 rings (SSSR count). The molecule has 1 aliphatic rings. The third-order valence-corrected chi connectivity index (χ3v) is 3.82. The Morgan fingerprint density at radius 3 is 2.65 bits per heavy atom. The molecule has 1 fully saturated rings. The normalized spacial score (nSPS) is 19.9. The Hall–Kier alpha value is -2.00. The zero-order chi connectivity index (χ0) is 16.4. The second-order valence-corrected chi connectivity index (χ2v) is 5.45. The molecule has 0 amide bonds. The van der Waals surface area contributed by atoms with Crippen molar-refractivity contribution in [2.75, 3.05) is 19.8 Å². The summed E-state index contributed by atoms with van der Waals surface area (Å²) < 4.78 is 44.7. The summed E-state index contributed by atoms with van der Waals surface area (Å²) in [5.41, 5.74) is -0.198. The van der Waals surface area contributed by atoms with Gasteiger partial charge in [-0.25, -0.2) is 0 Å². The fourth-order valence-corrected chi connectivity index (χ4v) is 2.47. The molecule has 0 bridgehead atoms. The van der Waals surface area contributed by atoms with Gasteiger partial charge in [-0.2, -0.15) is 17.9 Å². The van der Waals surface area contributed by atoms with Crippen molar-refractivity contribution in [1.29, 1.82) is 0 Å². The van der Waals surface area contributed by atoms with E-state index in [4.69, 9.17) is 4.74 Å². The van der Waals surface area contributed by atoms with Gasteiger partial charge in [-0.05, 0) is 41.6 Å². The lowest BCUT2D eigenvalue weighted by Gasteiger charge is -2.32. The summed E-state index contributed by atoms with van der Waals surface area (Å²) >= 11 is 0. The third kappa shape index (κ3) is 3.50. The van der Waals surface area contributed by atoms with Crippen LogP contribution < -0.4 is 0 Å². The highest BCUT2D eigenvalue weighted by atomic mass is 19.4. The van der Waals surface area contributed by atoms with Gasteiger partial charge in [0.1, 0.15) is 0 Å². The number of morpholine rings is 1. The van der Waals surface area contributed by atoms with Gasteiger partial charge in [0.05, 0.1) is 31.0 Å². The summed E-state index contributed by atoms with van der Waals surface area (Å²) in [5.74, 6) is 0.582. The number of benzene rings is 1. The van der Waals surface area contributed by atoms with Crippen LogP contribution in [0.15, 0.2) is 24.3 Å². The molecule has 0 N–H and O–H groups in total. The molecule has 1 aromatic carbocycles. The molecular formula is C14H16F3N5O. The zero-order valence-electron chi connectivity index (χ0n) is 12.5. The molecule has 1 aromatic heterocycles. The standard InChI is InChI=1S/C14H16F3N5O/c1-10-9-23-7-6-21(10)8-13-18-19-20-22(13)12-4-2-11(3-5-12)14(15,16)17/h2-5,10H,6-9H2,1H3/t10-/m0/s1. The molecule has 6 nitrogen and oxygen atoms in total. The molecule has 23 heavy (non-hydrogen) atoms. The number of nitrogens with zero attached hydrogens (tertiary/aromatic N) is 5. The van der Waals surface area contributed by atoms with Crippen LogP contribution in [-0.4, -0.2) is 50.9 Å². The first-order chi connectivity index (χ1) is 10.9. The van der Waals surface area contributed by atoms with Crippen molar-refractivity contribution in [3.8, 4) is 5.69 Å². The molecular weight excluding hydrogens is 311 g/mol. The van der Waals surface area contributed by atoms with E-state index in [0.29, 0.717) is 31.3 Å². The zero-order valence-corrected chi connectivity index (χ0v) is 12.5. The van der Waals surface area contributed by atoms with Gasteiger partial charge in [0.25, 0.3) is 0 Å². The Balaban J connectivity index is 1.80. The van der Waals surface area contributed by atoms with E-state index in [1.54, 1.807) is 0 Å². The van der Waals surface area contributed by atoms with E-state index in [-0.39, 0.29) is 6.04 Å². The molecule has 2 aromatic rings. The number of alkyl halides is 3. The van der Waals surface area contributed by atoms with Crippen molar-refractivity contribution in [2.24, 2.45) is 0 Å². The smallest absolute Gasteiger partial charge is 0.379 e. The summed E-state index contributed by atoms with van der Waals surface area (Å²) in [6.45, 7) is 4.61. The minimum atomic E-state index is -4.36. The first kappa shape index (κ1) is 15.9. The van der Waals surface area contributed by atoms with Gasteiger partial charge < -0.3 is 4.74 Å². The van der Waals surface area contributed by atoms with Crippen molar-refractivity contribution in [1.82, 2.24) is 25.1 Å². The van der Waals surface area contributed by atoms with Crippen LogP contribution in [0.3, 0.4) is 0 Å². The largest absolute Gasteiger partial charge is 0.416 e. The van der Waals surface area contributed by atoms with Crippen LogP contribution in [0.2, 0.25) is 0 Å². The van der Waals surface area contributed by atoms with Crippen LogP contribution in [0.5, 0.6) is 0 Å². The van der Waals surface area contributed by atoms with Gasteiger partial charge >= 0.3 is 6.18 Å². The molecule has 2 heterocycles. The molecule has 0 spiro atoms. The molecule has 124 valence electrons. The molecule has 0 radical (unpaired) electrons. The van der Waals surface area contributed by atoms with E-state index in [0.717, 1.165) is 18.7 Å². The Bertz CT molecular complexity index is 655. The number of hydrogen-bond donors (Lipinski definition) is 0. The van der Waals surface area contributed by atoms with Crippen molar-refractivity contribution >= 4 is 0 Å². The van der Waals surface area contributed by atoms with E-state index in [9.17, 15) is 13.2 Å². The maximum absolute atomic E-state index is 12.6. The monoisotopic (exact) mass is 327 g/mol. The summed E-state index contributed by atoms with van der Waals surface area (Å²) in [4.78, 5) is 2.18. The predicted octanol–water partition coefficient (Wildman–Crippen LogP) is 1.90. The molecule has 0 aliphatic carbocycles. The lowest BCUT2D eigenvalue weighted by molar-refractivity contribution is -0.137. The van der Waals surface area contributed by atoms with E-state index in [1.165, 1.54) is 16.8 Å². The Morgan fingerprint density at radius 1 is 1.26 bits per heavy atom. The highest BCUT2D eigenvalue weighted by molar-refractivity contribution is 5.35. The van der Waals surface area contributed by atoms with Gasteiger partial charge in [-0.15, -0.1) is 5.10 Å². The highest BCUT2D eigenvalue weighted by Gasteiger charge is 2.30. The number of halogens is 3. The highest BCUT2D eigenvalue weighted by Crippen LogP contribution is 2.29. The minimum absolute atomic E-state index is 0.238. The SMILES string of the molecule is C[C@H]1COCCN1Cc1nnnn1-c1ccc(C(F)(F)F)cc1. The van der Waals surface area contributed by atoms with Gasteiger partial charge in [0.2, 0.25) is 0 Å².